The van der Waals surface area contributed by atoms with E-state index in [-0.39, 0.29) is 12.2 Å². The summed E-state index contributed by atoms with van der Waals surface area (Å²) in [4.78, 5) is 16.5. The average Bonchev–Trinajstić information content (AvgIpc) is 3.19. The quantitative estimate of drug-likeness (QED) is 0.702. The van der Waals surface area contributed by atoms with E-state index < -0.39 is 17.8 Å². The lowest BCUT2D eigenvalue weighted by atomic mass is 10.2. The number of carbonyl (C=O) groups is 1. The molecular weight excluding hydrogens is 371 g/mol. The highest BCUT2D eigenvalue weighted by Crippen LogP contribution is 2.28. The van der Waals surface area contributed by atoms with E-state index in [4.69, 9.17) is 0 Å². The zero-order valence-corrected chi connectivity index (χ0v) is 15.5. The molecule has 0 atom stereocenters. The fourth-order valence-corrected chi connectivity index (χ4v) is 2.87. The van der Waals surface area contributed by atoms with Crippen LogP contribution >= 0.6 is 0 Å². The number of benzene rings is 1. The van der Waals surface area contributed by atoms with Gasteiger partial charge in [-0.2, -0.15) is 18.3 Å². The molecule has 0 saturated carbocycles. The molecule has 0 aliphatic rings. The Morgan fingerprint density at radius 2 is 1.86 bits per heavy atom. The Morgan fingerprint density at radius 1 is 1.14 bits per heavy atom. The van der Waals surface area contributed by atoms with Crippen molar-refractivity contribution in [2.45, 2.75) is 33.1 Å². The number of imidazole rings is 1. The molecule has 3 aromatic rings. The third-order valence-electron chi connectivity index (χ3n) is 4.31. The first-order valence-corrected chi connectivity index (χ1v) is 8.71. The molecule has 9 heteroatoms. The molecule has 0 bridgehead atoms. The first-order chi connectivity index (χ1) is 13.3. The molecule has 3 rings (SSSR count). The molecule has 2 heterocycles. The van der Waals surface area contributed by atoms with Crippen molar-refractivity contribution in [1.82, 2.24) is 24.6 Å². The number of hydrogen-bond acceptors (Lipinski definition) is 3. The summed E-state index contributed by atoms with van der Waals surface area (Å²) in [5.41, 5.74) is 1.19. The fraction of sp³-hybridized carbons (Fsp3) is 0.316. The van der Waals surface area contributed by atoms with E-state index in [0.717, 1.165) is 27.8 Å². The Morgan fingerprint density at radius 3 is 2.50 bits per heavy atom. The smallest absolute Gasteiger partial charge is 0.353 e. The predicted octanol–water partition coefficient (Wildman–Crippen LogP) is 3.20. The lowest BCUT2D eigenvalue weighted by molar-refractivity contribution is -0.141. The van der Waals surface area contributed by atoms with Crippen LogP contribution in [0.5, 0.6) is 0 Å². The number of nitrogens with zero attached hydrogens (tertiary/aromatic N) is 4. The third kappa shape index (κ3) is 4.41. The van der Waals surface area contributed by atoms with Gasteiger partial charge in [0.2, 0.25) is 5.91 Å². The van der Waals surface area contributed by atoms with Gasteiger partial charge in [-0.3, -0.25) is 9.48 Å². The number of halogens is 3. The van der Waals surface area contributed by atoms with Gasteiger partial charge >= 0.3 is 6.18 Å². The molecule has 0 radical (unpaired) electrons. The van der Waals surface area contributed by atoms with Crippen LogP contribution < -0.4 is 5.32 Å². The molecule has 148 valence electrons. The van der Waals surface area contributed by atoms with Gasteiger partial charge in [0.25, 0.3) is 0 Å². The summed E-state index contributed by atoms with van der Waals surface area (Å²) in [5.74, 6) is 0.393. The van der Waals surface area contributed by atoms with Gasteiger partial charge in [0, 0.05) is 36.2 Å². The van der Waals surface area contributed by atoms with Crippen LogP contribution in [0.3, 0.4) is 0 Å². The number of aromatic nitrogens is 4. The summed E-state index contributed by atoms with van der Waals surface area (Å²) in [6.45, 7) is 3.95. The van der Waals surface area contributed by atoms with Gasteiger partial charge in [-0.25, -0.2) is 4.98 Å². The van der Waals surface area contributed by atoms with Crippen LogP contribution in [-0.2, 0) is 24.1 Å². The molecule has 1 N–H and O–H groups in total. The molecule has 1 amide bonds. The lowest BCUT2D eigenvalue weighted by Gasteiger charge is -2.12. The number of rotatable bonds is 6. The van der Waals surface area contributed by atoms with Gasteiger partial charge in [-0.15, -0.1) is 0 Å². The molecular formula is C19H20F3N5O. The first-order valence-electron chi connectivity index (χ1n) is 8.71. The summed E-state index contributed by atoms with van der Waals surface area (Å²) < 4.78 is 41.2. The number of alkyl halides is 3. The second-order valence-corrected chi connectivity index (χ2v) is 6.42. The van der Waals surface area contributed by atoms with E-state index in [1.807, 2.05) is 41.8 Å². The summed E-state index contributed by atoms with van der Waals surface area (Å²) >= 11 is 0. The maximum Gasteiger partial charge on any atom is 0.435 e. The van der Waals surface area contributed by atoms with Crippen molar-refractivity contribution >= 4 is 5.91 Å². The van der Waals surface area contributed by atoms with Crippen LogP contribution in [0.25, 0.3) is 11.4 Å². The third-order valence-corrected chi connectivity index (χ3v) is 4.31. The maximum absolute atomic E-state index is 12.7. The molecule has 0 aliphatic carbocycles. The fourth-order valence-electron chi connectivity index (χ4n) is 2.87. The molecule has 0 unspecified atom stereocenters. The monoisotopic (exact) mass is 391 g/mol. The number of hydrogen-bond donors (Lipinski definition) is 1. The highest BCUT2D eigenvalue weighted by Gasteiger charge is 2.34. The van der Waals surface area contributed by atoms with Crippen molar-refractivity contribution in [2.75, 3.05) is 6.54 Å². The molecule has 28 heavy (non-hydrogen) atoms. The van der Waals surface area contributed by atoms with Gasteiger partial charge < -0.3 is 9.88 Å². The van der Waals surface area contributed by atoms with E-state index in [9.17, 15) is 18.0 Å². The van der Waals surface area contributed by atoms with Crippen molar-refractivity contribution in [3.63, 3.8) is 0 Å². The van der Waals surface area contributed by atoms with Crippen molar-refractivity contribution in [3.05, 3.63) is 59.7 Å². The van der Waals surface area contributed by atoms with Crippen molar-refractivity contribution in [1.29, 1.82) is 0 Å². The minimum Gasteiger partial charge on any atom is -0.353 e. The van der Waals surface area contributed by atoms with Gasteiger partial charge in [0.05, 0.1) is 0 Å². The summed E-state index contributed by atoms with van der Waals surface area (Å²) in [6, 6.07) is 10.6. The van der Waals surface area contributed by atoms with Crippen LogP contribution in [0.1, 0.15) is 17.1 Å². The zero-order valence-electron chi connectivity index (χ0n) is 15.5. The Hall–Kier alpha value is -3.10. The maximum atomic E-state index is 12.7. The minimum atomic E-state index is -4.53. The Kier molecular flexibility index (Phi) is 5.53. The van der Waals surface area contributed by atoms with Crippen LogP contribution in [0, 0.1) is 13.8 Å². The summed E-state index contributed by atoms with van der Waals surface area (Å²) in [6.07, 6.45) is -2.77. The van der Waals surface area contributed by atoms with Crippen molar-refractivity contribution in [2.24, 2.45) is 0 Å². The Balaban J connectivity index is 1.60. The SMILES string of the molecule is Cc1cc(C(F)(F)F)nn1CC(=O)NCCn1c(C)cnc1-c1ccccc1. The van der Waals surface area contributed by atoms with Crippen LogP contribution in [-0.4, -0.2) is 31.8 Å². The molecule has 0 fully saturated rings. The molecule has 0 aliphatic heterocycles. The van der Waals surface area contributed by atoms with Crippen molar-refractivity contribution < 1.29 is 18.0 Å². The highest BCUT2D eigenvalue weighted by atomic mass is 19.4. The molecule has 2 aromatic heterocycles. The van der Waals surface area contributed by atoms with E-state index in [2.05, 4.69) is 15.4 Å². The van der Waals surface area contributed by atoms with Gasteiger partial charge in [0.15, 0.2) is 5.69 Å². The molecule has 0 spiro atoms. The van der Waals surface area contributed by atoms with E-state index in [1.165, 1.54) is 6.92 Å². The standard InChI is InChI=1S/C19H20F3N5O/c1-13-10-16(19(20,21)22)25-27(13)12-17(28)23-8-9-26-14(2)11-24-18(26)15-6-4-3-5-7-15/h3-7,10-11H,8-9,12H2,1-2H3,(H,23,28). The number of nitrogens with one attached hydrogen (secondary N) is 1. The summed E-state index contributed by atoms with van der Waals surface area (Å²) in [5, 5.41) is 6.18. The zero-order chi connectivity index (χ0) is 20.3. The van der Waals surface area contributed by atoms with Gasteiger partial charge in [0.1, 0.15) is 12.4 Å². The van der Waals surface area contributed by atoms with Crippen LogP contribution in [0.15, 0.2) is 42.6 Å². The second-order valence-electron chi connectivity index (χ2n) is 6.42. The summed E-state index contributed by atoms with van der Waals surface area (Å²) in [7, 11) is 0. The number of amides is 1. The van der Waals surface area contributed by atoms with Crippen molar-refractivity contribution in [3.8, 4) is 11.4 Å². The normalized spacial score (nSPS) is 11.6. The number of carbonyl (C=O) groups excluding carboxylic acids is 1. The lowest BCUT2D eigenvalue weighted by Crippen LogP contribution is -2.31. The van der Waals surface area contributed by atoms with E-state index in [0.29, 0.717) is 13.1 Å². The Labute approximate surface area is 160 Å². The minimum absolute atomic E-state index is 0.267. The van der Waals surface area contributed by atoms with Gasteiger partial charge in [-0.1, -0.05) is 30.3 Å². The van der Waals surface area contributed by atoms with E-state index in [1.54, 1.807) is 6.20 Å². The molecule has 1 aromatic carbocycles. The average molecular weight is 391 g/mol. The predicted molar refractivity (Wildman–Crippen MR) is 97.4 cm³/mol. The van der Waals surface area contributed by atoms with E-state index >= 15 is 0 Å². The Bertz CT molecular complexity index is 960. The number of aryl methyl sites for hydroxylation is 2. The van der Waals surface area contributed by atoms with Gasteiger partial charge in [-0.05, 0) is 19.9 Å². The van der Waals surface area contributed by atoms with Crippen LogP contribution in [0.4, 0.5) is 13.2 Å². The largest absolute Gasteiger partial charge is 0.435 e. The van der Waals surface area contributed by atoms with Crippen LogP contribution in [0.2, 0.25) is 0 Å². The topological polar surface area (TPSA) is 64.7 Å². The highest BCUT2D eigenvalue weighted by molar-refractivity contribution is 5.75. The first kappa shape index (κ1) is 19.7. The second kappa shape index (κ2) is 7.87. The molecule has 0 saturated heterocycles. The molecule has 6 nitrogen and oxygen atoms in total.